The summed E-state index contributed by atoms with van der Waals surface area (Å²) in [5.74, 6) is -0.462. The molecule has 3 nitrogen and oxygen atoms in total. The minimum absolute atomic E-state index is 0.0478. The van der Waals surface area contributed by atoms with Gasteiger partial charge >= 0.3 is 0 Å². The highest BCUT2D eigenvalue weighted by Crippen LogP contribution is 2.11. The van der Waals surface area contributed by atoms with Gasteiger partial charge in [0.15, 0.2) is 5.82 Å². The summed E-state index contributed by atoms with van der Waals surface area (Å²) in [5, 5.41) is 0.0478. The molecule has 17 heavy (non-hydrogen) atoms. The maximum absolute atomic E-state index is 13.4. The Labute approximate surface area is 104 Å². The maximum Gasteiger partial charge on any atom is 0.222 e. The largest absolute Gasteiger partial charge is 0.261 e. The standard InChI is InChI=1S/C12H11ClFN3/c1-2-8-3-4-9(15-6-8)5-11-10(14)7-16-12(13)17-11/h3-4,6-7H,2,5H2,1H3. The van der Waals surface area contributed by atoms with Crippen molar-refractivity contribution in [3.05, 3.63) is 52.6 Å². The molecule has 0 saturated carbocycles. The van der Waals surface area contributed by atoms with Crippen LogP contribution in [-0.2, 0) is 12.8 Å². The van der Waals surface area contributed by atoms with Gasteiger partial charge < -0.3 is 0 Å². The van der Waals surface area contributed by atoms with Crippen molar-refractivity contribution in [2.75, 3.05) is 0 Å². The van der Waals surface area contributed by atoms with Gasteiger partial charge in [0.2, 0.25) is 5.28 Å². The molecule has 0 saturated heterocycles. The Morgan fingerprint density at radius 3 is 2.71 bits per heavy atom. The van der Waals surface area contributed by atoms with Crippen LogP contribution in [0.4, 0.5) is 4.39 Å². The van der Waals surface area contributed by atoms with Gasteiger partial charge in [0.25, 0.3) is 0 Å². The highest BCUT2D eigenvalue weighted by molar-refractivity contribution is 6.28. The van der Waals surface area contributed by atoms with Crippen LogP contribution in [0.15, 0.2) is 24.5 Å². The Bertz CT molecular complexity index is 514. The van der Waals surface area contributed by atoms with Crippen molar-refractivity contribution in [3.8, 4) is 0 Å². The molecule has 0 amide bonds. The second-order valence-corrected chi connectivity index (χ2v) is 3.96. The summed E-state index contributed by atoms with van der Waals surface area (Å²) >= 11 is 5.62. The van der Waals surface area contributed by atoms with E-state index in [2.05, 4.69) is 21.9 Å². The molecular weight excluding hydrogens is 241 g/mol. The first-order chi connectivity index (χ1) is 8.19. The molecule has 0 fully saturated rings. The van der Waals surface area contributed by atoms with Gasteiger partial charge in [0.05, 0.1) is 11.9 Å². The van der Waals surface area contributed by atoms with Crippen molar-refractivity contribution in [2.24, 2.45) is 0 Å². The van der Waals surface area contributed by atoms with Crippen LogP contribution in [0.25, 0.3) is 0 Å². The molecule has 2 aromatic heterocycles. The number of pyridine rings is 1. The average molecular weight is 252 g/mol. The molecule has 0 aromatic carbocycles. The Morgan fingerprint density at radius 1 is 1.24 bits per heavy atom. The molecule has 0 aliphatic heterocycles. The topological polar surface area (TPSA) is 38.7 Å². The predicted octanol–water partition coefficient (Wildman–Crippen LogP) is 2.82. The molecule has 5 heteroatoms. The number of nitrogens with zero attached hydrogens (tertiary/aromatic N) is 3. The Hall–Kier alpha value is -1.55. The zero-order valence-electron chi connectivity index (χ0n) is 9.32. The second-order valence-electron chi connectivity index (χ2n) is 3.62. The van der Waals surface area contributed by atoms with Gasteiger partial charge in [-0.1, -0.05) is 13.0 Å². The van der Waals surface area contributed by atoms with Gasteiger partial charge in [-0.3, -0.25) is 4.98 Å². The van der Waals surface area contributed by atoms with Gasteiger partial charge in [-0.15, -0.1) is 0 Å². The van der Waals surface area contributed by atoms with Gasteiger partial charge in [-0.05, 0) is 29.7 Å². The fraction of sp³-hybridized carbons (Fsp3) is 0.250. The normalized spacial score (nSPS) is 10.5. The lowest BCUT2D eigenvalue weighted by Gasteiger charge is -2.03. The average Bonchev–Trinajstić information content (AvgIpc) is 2.35. The number of aromatic nitrogens is 3. The van der Waals surface area contributed by atoms with Crippen LogP contribution >= 0.6 is 11.6 Å². The minimum atomic E-state index is -0.462. The van der Waals surface area contributed by atoms with Gasteiger partial charge in [-0.2, -0.15) is 0 Å². The molecule has 0 radical (unpaired) electrons. The van der Waals surface area contributed by atoms with E-state index >= 15 is 0 Å². The fourth-order valence-corrected chi connectivity index (χ4v) is 1.59. The van der Waals surface area contributed by atoms with Crippen molar-refractivity contribution in [3.63, 3.8) is 0 Å². The van der Waals surface area contributed by atoms with Crippen molar-refractivity contribution in [1.29, 1.82) is 0 Å². The SMILES string of the molecule is CCc1ccc(Cc2nc(Cl)ncc2F)nc1. The van der Waals surface area contributed by atoms with E-state index in [4.69, 9.17) is 11.6 Å². The van der Waals surface area contributed by atoms with Crippen LogP contribution in [0.3, 0.4) is 0 Å². The third kappa shape index (κ3) is 2.97. The number of rotatable bonds is 3. The summed E-state index contributed by atoms with van der Waals surface area (Å²) in [6, 6.07) is 3.84. The summed E-state index contributed by atoms with van der Waals surface area (Å²) in [6.07, 6.45) is 4.11. The van der Waals surface area contributed by atoms with E-state index in [9.17, 15) is 4.39 Å². The highest BCUT2D eigenvalue weighted by Gasteiger charge is 2.07. The molecule has 0 bridgehead atoms. The monoisotopic (exact) mass is 251 g/mol. The smallest absolute Gasteiger partial charge is 0.222 e. The van der Waals surface area contributed by atoms with E-state index in [1.165, 1.54) is 0 Å². The number of hydrogen-bond donors (Lipinski definition) is 0. The van der Waals surface area contributed by atoms with E-state index in [-0.39, 0.29) is 11.0 Å². The summed E-state index contributed by atoms with van der Waals surface area (Å²) < 4.78 is 13.4. The van der Waals surface area contributed by atoms with Gasteiger partial charge in [0, 0.05) is 18.3 Å². The number of hydrogen-bond acceptors (Lipinski definition) is 3. The maximum atomic E-state index is 13.4. The van der Waals surface area contributed by atoms with E-state index in [0.717, 1.165) is 23.9 Å². The molecule has 2 aromatic rings. The zero-order valence-corrected chi connectivity index (χ0v) is 10.1. The first-order valence-corrected chi connectivity index (χ1v) is 5.67. The molecule has 0 N–H and O–H groups in total. The first kappa shape index (κ1) is 11.9. The molecule has 0 unspecified atom stereocenters. The predicted molar refractivity (Wildman–Crippen MR) is 63.4 cm³/mol. The molecule has 0 spiro atoms. The molecule has 0 aliphatic rings. The molecule has 2 rings (SSSR count). The number of aryl methyl sites for hydroxylation is 1. The minimum Gasteiger partial charge on any atom is -0.261 e. The van der Waals surface area contributed by atoms with E-state index in [1.54, 1.807) is 6.20 Å². The summed E-state index contributed by atoms with van der Waals surface area (Å²) in [5.41, 5.74) is 2.17. The lowest BCUT2D eigenvalue weighted by Crippen LogP contribution is -2.00. The van der Waals surface area contributed by atoms with Crippen molar-refractivity contribution < 1.29 is 4.39 Å². The first-order valence-electron chi connectivity index (χ1n) is 5.29. The molecular formula is C12H11ClFN3. The van der Waals surface area contributed by atoms with E-state index in [1.807, 2.05) is 12.1 Å². The number of halogens is 2. The van der Waals surface area contributed by atoms with Crippen LogP contribution in [0, 0.1) is 5.82 Å². The summed E-state index contributed by atoms with van der Waals surface area (Å²) in [6.45, 7) is 2.06. The Kier molecular flexibility index (Phi) is 3.64. The lowest BCUT2D eigenvalue weighted by molar-refractivity contribution is 0.594. The molecule has 2 heterocycles. The third-order valence-corrected chi connectivity index (χ3v) is 2.61. The van der Waals surface area contributed by atoms with Crippen LogP contribution in [0.2, 0.25) is 5.28 Å². The highest BCUT2D eigenvalue weighted by atomic mass is 35.5. The van der Waals surface area contributed by atoms with Crippen LogP contribution in [-0.4, -0.2) is 15.0 Å². The zero-order chi connectivity index (χ0) is 12.3. The quantitative estimate of drug-likeness (QED) is 0.788. The Balaban J connectivity index is 2.22. The summed E-state index contributed by atoms with van der Waals surface area (Å²) in [7, 11) is 0. The fourth-order valence-electron chi connectivity index (χ4n) is 1.44. The molecule has 0 atom stereocenters. The van der Waals surface area contributed by atoms with Crippen molar-refractivity contribution >= 4 is 11.6 Å². The van der Waals surface area contributed by atoms with E-state index in [0.29, 0.717) is 6.42 Å². The summed E-state index contributed by atoms with van der Waals surface area (Å²) in [4.78, 5) is 11.7. The lowest BCUT2D eigenvalue weighted by atomic mass is 10.1. The van der Waals surface area contributed by atoms with Gasteiger partial charge in [-0.25, -0.2) is 14.4 Å². The van der Waals surface area contributed by atoms with Crippen molar-refractivity contribution in [2.45, 2.75) is 19.8 Å². The van der Waals surface area contributed by atoms with Gasteiger partial charge in [0.1, 0.15) is 0 Å². The van der Waals surface area contributed by atoms with Crippen LogP contribution in [0.5, 0.6) is 0 Å². The second kappa shape index (κ2) is 5.19. The van der Waals surface area contributed by atoms with E-state index < -0.39 is 5.82 Å². The van der Waals surface area contributed by atoms with Crippen molar-refractivity contribution in [1.82, 2.24) is 15.0 Å². The Morgan fingerprint density at radius 2 is 2.06 bits per heavy atom. The van der Waals surface area contributed by atoms with Crippen LogP contribution in [0.1, 0.15) is 23.9 Å². The molecule has 88 valence electrons. The van der Waals surface area contributed by atoms with Crippen LogP contribution < -0.4 is 0 Å². The molecule has 0 aliphatic carbocycles. The third-order valence-electron chi connectivity index (χ3n) is 2.43.